The Kier molecular flexibility index (Phi) is 5.38. The molecule has 0 aliphatic heterocycles. The van der Waals surface area contributed by atoms with Crippen molar-refractivity contribution in [2.75, 3.05) is 0 Å². The predicted molar refractivity (Wildman–Crippen MR) is 202 cm³/mol. The van der Waals surface area contributed by atoms with Gasteiger partial charge in [-0.3, -0.25) is 0 Å². The Bertz CT molecular complexity index is 3060. The molecule has 0 atom stereocenters. The molecule has 11 rings (SSSR count). The van der Waals surface area contributed by atoms with Crippen LogP contribution in [0, 0.1) is 0 Å². The zero-order chi connectivity index (χ0) is 32.1. The van der Waals surface area contributed by atoms with Gasteiger partial charge in [0.1, 0.15) is 27.9 Å². The summed E-state index contributed by atoms with van der Waals surface area (Å²) in [5, 5.41) is 10.4. The van der Waals surface area contributed by atoms with E-state index in [9.17, 15) is 0 Å². The highest BCUT2D eigenvalue weighted by molar-refractivity contribution is 6.26. The Hall–Kier alpha value is -6.58. The first-order chi connectivity index (χ1) is 24.3. The molecule has 3 heteroatoms. The van der Waals surface area contributed by atoms with Crippen molar-refractivity contribution in [3.63, 3.8) is 0 Å². The summed E-state index contributed by atoms with van der Waals surface area (Å²) in [5.74, 6) is 0. The maximum Gasteiger partial charge on any atom is 0.136 e. The number of hydrogen-bond acceptors (Lipinski definition) is 3. The molecule has 8 aromatic carbocycles. The van der Waals surface area contributed by atoms with Gasteiger partial charge < -0.3 is 13.3 Å². The van der Waals surface area contributed by atoms with Crippen molar-refractivity contribution in [1.82, 2.24) is 0 Å². The first kappa shape index (κ1) is 26.5. The Morgan fingerprint density at radius 1 is 0.306 bits per heavy atom. The summed E-state index contributed by atoms with van der Waals surface area (Å²) in [6, 6.07) is 53.9. The molecular weight excluding hydrogens is 601 g/mol. The van der Waals surface area contributed by atoms with Gasteiger partial charge in [0.15, 0.2) is 0 Å². The van der Waals surface area contributed by atoms with Gasteiger partial charge in [0.2, 0.25) is 0 Å². The number of furan rings is 3. The Balaban J connectivity index is 1.14. The van der Waals surface area contributed by atoms with Gasteiger partial charge in [-0.2, -0.15) is 0 Å². The molecule has 0 bridgehead atoms. The summed E-state index contributed by atoms with van der Waals surface area (Å²) in [5.41, 5.74) is 11.5. The second kappa shape index (κ2) is 9.96. The molecule has 0 aliphatic rings. The highest BCUT2D eigenvalue weighted by Gasteiger charge is 2.19. The van der Waals surface area contributed by atoms with Crippen molar-refractivity contribution in [3.05, 3.63) is 158 Å². The highest BCUT2D eigenvalue weighted by Crippen LogP contribution is 2.45. The van der Waals surface area contributed by atoms with Crippen molar-refractivity contribution in [2.45, 2.75) is 0 Å². The second-order valence-corrected chi connectivity index (χ2v) is 12.8. The van der Waals surface area contributed by atoms with Crippen molar-refractivity contribution in [3.8, 4) is 33.4 Å². The molecule has 0 saturated heterocycles. The van der Waals surface area contributed by atoms with Crippen LogP contribution in [-0.4, -0.2) is 0 Å². The average molecular weight is 627 g/mol. The first-order valence-corrected chi connectivity index (χ1v) is 16.6. The molecule has 3 aromatic heterocycles. The quantitative estimate of drug-likeness (QED) is 0.183. The molecule has 49 heavy (non-hydrogen) atoms. The third-order valence-corrected chi connectivity index (χ3v) is 10.1. The summed E-state index contributed by atoms with van der Waals surface area (Å²) in [4.78, 5) is 0. The fraction of sp³-hybridized carbons (Fsp3) is 0. The minimum absolute atomic E-state index is 0.866. The maximum atomic E-state index is 6.38. The van der Waals surface area contributed by atoms with Gasteiger partial charge in [-0.15, -0.1) is 0 Å². The lowest BCUT2D eigenvalue weighted by atomic mass is 9.85. The summed E-state index contributed by atoms with van der Waals surface area (Å²) >= 11 is 0. The van der Waals surface area contributed by atoms with Gasteiger partial charge in [-0.1, -0.05) is 97.1 Å². The largest absolute Gasteiger partial charge is 0.464 e. The highest BCUT2D eigenvalue weighted by atomic mass is 16.3. The molecule has 3 heterocycles. The lowest BCUT2D eigenvalue weighted by Gasteiger charge is -2.18. The Morgan fingerprint density at radius 3 is 1.53 bits per heavy atom. The van der Waals surface area contributed by atoms with Gasteiger partial charge >= 0.3 is 0 Å². The molecule has 3 nitrogen and oxygen atoms in total. The van der Waals surface area contributed by atoms with E-state index in [2.05, 4.69) is 121 Å². The third-order valence-electron chi connectivity index (χ3n) is 10.1. The molecular formula is C46H26O3. The summed E-state index contributed by atoms with van der Waals surface area (Å²) < 4.78 is 18.3. The SMILES string of the molecule is c1cc(-c2ccc3oc4ccc5oc6ccccc6c5c4c3c2)cc(-c2c3ccccc3c(-c3ccc4occc4c3)c3ccccc23)c1. The normalized spacial score (nSPS) is 12.1. The van der Waals surface area contributed by atoms with E-state index in [0.717, 1.165) is 66.0 Å². The molecule has 228 valence electrons. The van der Waals surface area contributed by atoms with Gasteiger partial charge in [-0.05, 0) is 110 Å². The van der Waals surface area contributed by atoms with Crippen molar-refractivity contribution in [1.29, 1.82) is 0 Å². The fourth-order valence-corrected chi connectivity index (χ4v) is 7.99. The minimum Gasteiger partial charge on any atom is -0.464 e. The van der Waals surface area contributed by atoms with Crippen LogP contribution in [0.5, 0.6) is 0 Å². The predicted octanol–water partition coefficient (Wildman–Crippen LogP) is 13.5. The van der Waals surface area contributed by atoms with Crippen molar-refractivity contribution >= 4 is 76.4 Å². The number of rotatable bonds is 3. The Morgan fingerprint density at radius 2 is 0.816 bits per heavy atom. The zero-order valence-electron chi connectivity index (χ0n) is 26.2. The van der Waals surface area contributed by atoms with Crippen LogP contribution in [0.15, 0.2) is 171 Å². The first-order valence-electron chi connectivity index (χ1n) is 16.6. The maximum absolute atomic E-state index is 6.38. The summed E-state index contributed by atoms with van der Waals surface area (Å²) in [6.45, 7) is 0. The van der Waals surface area contributed by atoms with E-state index < -0.39 is 0 Å². The lowest BCUT2D eigenvalue weighted by Crippen LogP contribution is -1.91. The smallest absolute Gasteiger partial charge is 0.136 e. The van der Waals surface area contributed by atoms with Gasteiger partial charge in [0.25, 0.3) is 0 Å². The second-order valence-electron chi connectivity index (χ2n) is 12.8. The van der Waals surface area contributed by atoms with Crippen molar-refractivity contribution in [2.24, 2.45) is 0 Å². The molecule has 0 spiro atoms. The molecule has 0 radical (unpaired) electrons. The fourth-order valence-electron chi connectivity index (χ4n) is 7.99. The molecule has 0 fully saturated rings. The van der Waals surface area contributed by atoms with Crippen LogP contribution < -0.4 is 0 Å². The van der Waals surface area contributed by atoms with Gasteiger partial charge in [0.05, 0.1) is 6.26 Å². The standard InChI is InChI=1S/C46H26O3/c1-3-12-34-32(10-1)43(33-11-2-4-13-35(33)44(34)31-17-18-38-29(25-31)22-23-47-38)30-9-7-8-27(24-30)28-16-19-40-37(26-28)46-42(49-40)21-20-41-45(46)36-14-5-6-15-39(36)48-41/h1-26H. The van der Waals surface area contributed by atoms with E-state index >= 15 is 0 Å². The van der Waals surface area contributed by atoms with Crippen LogP contribution in [0.1, 0.15) is 0 Å². The van der Waals surface area contributed by atoms with Gasteiger partial charge in [0, 0.05) is 26.9 Å². The van der Waals surface area contributed by atoms with Gasteiger partial charge in [-0.25, -0.2) is 0 Å². The van der Waals surface area contributed by atoms with E-state index in [1.54, 1.807) is 6.26 Å². The molecule has 0 N–H and O–H groups in total. The molecule has 0 unspecified atom stereocenters. The monoisotopic (exact) mass is 626 g/mol. The van der Waals surface area contributed by atoms with Crippen LogP contribution in [0.4, 0.5) is 0 Å². The Labute approximate surface area is 280 Å². The van der Waals surface area contributed by atoms with Crippen molar-refractivity contribution < 1.29 is 13.3 Å². The lowest BCUT2D eigenvalue weighted by molar-refractivity contribution is 0.616. The summed E-state index contributed by atoms with van der Waals surface area (Å²) in [7, 11) is 0. The van der Waals surface area contributed by atoms with E-state index in [0.29, 0.717) is 0 Å². The molecule has 11 aromatic rings. The zero-order valence-corrected chi connectivity index (χ0v) is 26.2. The number of hydrogen-bond donors (Lipinski definition) is 0. The van der Waals surface area contributed by atoms with Crippen LogP contribution in [0.3, 0.4) is 0 Å². The van der Waals surface area contributed by atoms with E-state index in [1.807, 2.05) is 30.3 Å². The van der Waals surface area contributed by atoms with E-state index in [-0.39, 0.29) is 0 Å². The molecule has 0 amide bonds. The van der Waals surface area contributed by atoms with Crippen LogP contribution in [-0.2, 0) is 0 Å². The van der Waals surface area contributed by atoms with Crippen LogP contribution in [0.2, 0.25) is 0 Å². The van der Waals surface area contributed by atoms with E-state index in [1.165, 1.54) is 43.8 Å². The number of fused-ring (bicyclic) bond motifs is 10. The van der Waals surface area contributed by atoms with E-state index in [4.69, 9.17) is 13.3 Å². The number of benzene rings is 8. The summed E-state index contributed by atoms with van der Waals surface area (Å²) in [6.07, 6.45) is 1.76. The minimum atomic E-state index is 0.866. The van der Waals surface area contributed by atoms with Crippen LogP contribution in [0.25, 0.3) is 110 Å². The molecule has 0 aliphatic carbocycles. The topological polar surface area (TPSA) is 39.4 Å². The number of para-hydroxylation sites is 1. The average Bonchev–Trinajstić information content (AvgIpc) is 3.88. The van der Waals surface area contributed by atoms with Crippen LogP contribution >= 0.6 is 0 Å². The molecule has 0 saturated carbocycles. The third kappa shape index (κ3) is 3.84.